The topological polar surface area (TPSA) is 84.7 Å². The number of rotatable bonds is 3. The SMILES string of the molecule is COc1nc(=O)c(O)c2n1C(C1c3ccccc3CSc3ccccc31)CN(C(C)C)C2=O. The molecule has 3 aromatic rings. The predicted octanol–water partition coefficient (Wildman–Crippen LogP) is 3.80. The second-order valence-electron chi connectivity index (χ2n) is 8.59. The van der Waals surface area contributed by atoms with Crippen LogP contribution in [0.4, 0.5) is 0 Å². The molecule has 2 unspecified atom stereocenters. The van der Waals surface area contributed by atoms with E-state index in [-0.39, 0.29) is 29.7 Å². The molecule has 2 aromatic carbocycles. The Labute approximate surface area is 196 Å². The zero-order valence-electron chi connectivity index (χ0n) is 18.7. The minimum atomic E-state index is -0.868. The van der Waals surface area contributed by atoms with Gasteiger partial charge in [0.15, 0.2) is 5.69 Å². The fraction of sp³-hybridized carbons (Fsp3) is 0.320. The summed E-state index contributed by atoms with van der Waals surface area (Å²) in [5, 5.41) is 10.7. The van der Waals surface area contributed by atoms with Crippen molar-refractivity contribution in [2.45, 2.75) is 42.5 Å². The molecule has 3 heterocycles. The Kier molecular flexibility index (Phi) is 5.40. The lowest BCUT2D eigenvalue weighted by Crippen LogP contribution is -2.49. The number of hydrogen-bond acceptors (Lipinski definition) is 6. The zero-order valence-corrected chi connectivity index (χ0v) is 19.5. The van der Waals surface area contributed by atoms with E-state index in [1.807, 2.05) is 38.1 Å². The van der Waals surface area contributed by atoms with E-state index in [2.05, 4.69) is 29.2 Å². The van der Waals surface area contributed by atoms with Gasteiger partial charge in [0.25, 0.3) is 5.91 Å². The molecule has 0 spiro atoms. The summed E-state index contributed by atoms with van der Waals surface area (Å²) in [4.78, 5) is 32.6. The molecule has 0 saturated heterocycles. The Morgan fingerprint density at radius 1 is 1.09 bits per heavy atom. The van der Waals surface area contributed by atoms with Crippen molar-refractivity contribution in [1.82, 2.24) is 14.5 Å². The number of carbonyl (C=O) groups excluding carboxylic acids is 1. The summed E-state index contributed by atoms with van der Waals surface area (Å²) >= 11 is 1.79. The largest absolute Gasteiger partial charge is 0.501 e. The highest BCUT2D eigenvalue weighted by Gasteiger charge is 2.43. The van der Waals surface area contributed by atoms with Gasteiger partial charge in [-0.15, -0.1) is 11.8 Å². The van der Waals surface area contributed by atoms with Crippen LogP contribution in [0.25, 0.3) is 0 Å². The van der Waals surface area contributed by atoms with Gasteiger partial charge in [-0.2, -0.15) is 4.98 Å². The first-order valence-corrected chi connectivity index (χ1v) is 11.9. The van der Waals surface area contributed by atoms with Crippen molar-refractivity contribution in [2.24, 2.45) is 0 Å². The summed E-state index contributed by atoms with van der Waals surface area (Å²) in [7, 11) is 1.42. The van der Waals surface area contributed by atoms with Crippen molar-refractivity contribution in [1.29, 1.82) is 0 Å². The lowest BCUT2D eigenvalue weighted by Gasteiger charge is -2.42. The second kappa shape index (κ2) is 8.26. The molecule has 0 bridgehead atoms. The third kappa shape index (κ3) is 3.40. The Morgan fingerprint density at radius 2 is 1.79 bits per heavy atom. The molecule has 8 heteroatoms. The van der Waals surface area contributed by atoms with E-state index in [1.165, 1.54) is 17.6 Å². The molecule has 33 heavy (non-hydrogen) atoms. The number of benzene rings is 2. The van der Waals surface area contributed by atoms with Crippen LogP contribution >= 0.6 is 11.8 Å². The molecule has 2 atom stereocenters. The monoisotopic (exact) mass is 463 g/mol. The van der Waals surface area contributed by atoms with E-state index >= 15 is 0 Å². The van der Waals surface area contributed by atoms with Crippen LogP contribution in [0.3, 0.4) is 0 Å². The standard InChI is InChI=1S/C25H25N3O4S/c1-14(2)27-12-18(28-21(24(27)31)22(29)23(30)26-25(28)32-3)20-16-9-5-4-8-15(16)13-33-19-11-7-6-10-17(19)20/h4-11,14,18,20,29H,12-13H2,1-3H3. The smallest absolute Gasteiger partial charge is 0.318 e. The first kappa shape index (κ1) is 21.6. The van der Waals surface area contributed by atoms with Gasteiger partial charge in [-0.25, -0.2) is 0 Å². The van der Waals surface area contributed by atoms with Crippen LogP contribution in [0.5, 0.6) is 11.8 Å². The molecule has 2 aliphatic rings. The molecule has 1 aromatic heterocycles. The van der Waals surface area contributed by atoms with Crippen LogP contribution in [0.1, 0.15) is 53.0 Å². The van der Waals surface area contributed by atoms with Crippen molar-refractivity contribution in [3.05, 3.63) is 81.3 Å². The average molecular weight is 464 g/mol. The lowest BCUT2D eigenvalue weighted by molar-refractivity contribution is 0.0572. The minimum Gasteiger partial charge on any atom is -0.501 e. The van der Waals surface area contributed by atoms with Gasteiger partial charge in [-0.05, 0) is 36.6 Å². The number of thioether (sulfide) groups is 1. The van der Waals surface area contributed by atoms with E-state index in [9.17, 15) is 14.7 Å². The maximum Gasteiger partial charge on any atom is 0.318 e. The fourth-order valence-electron chi connectivity index (χ4n) is 4.94. The average Bonchev–Trinajstić information content (AvgIpc) is 2.98. The minimum absolute atomic E-state index is 0.0291. The van der Waals surface area contributed by atoms with Crippen molar-refractivity contribution in [3.63, 3.8) is 0 Å². The van der Waals surface area contributed by atoms with Crippen molar-refractivity contribution in [2.75, 3.05) is 13.7 Å². The molecule has 2 aliphatic heterocycles. The fourth-order valence-corrected chi connectivity index (χ4v) is 6.05. The summed E-state index contributed by atoms with van der Waals surface area (Å²) in [6, 6.07) is 16.2. The number of carbonyl (C=O) groups is 1. The van der Waals surface area contributed by atoms with Gasteiger partial charge >= 0.3 is 11.6 Å². The highest BCUT2D eigenvalue weighted by molar-refractivity contribution is 7.98. The summed E-state index contributed by atoms with van der Waals surface area (Å²) in [5.41, 5.74) is 2.58. The number of aromatic nitrogens is 2. The molecular formula is C25H25N3O4S. The molecule has 5 rings (SSSR count). The molecule has 0 fully saturated rings. The number of nitrogens with zero attached hydrogens (tertiary/aromatic N) is 3. The van der Waals surface area contributed by atoms with Gasteiger partial charge in [0, 0.05) is 29.2 Å². The van der Waals surface area contributed by atoms with Crippen LogP contribution in [-0.2, 0) is 5.75 Å². The number of fused-ring (bicyclic) bond motifs is 3. The van der Waals surface area contributed by atoms with Crippen LogP contribution < -0.4 is 10.3 Å². The highest BCUT2D eigenvalue weighted by atomic mass is 32.2. The van der Waals surface area contributed by atoms with E-state index < -0.39 is 17.2 Å². The predicted molar refractivity (Wildman–Crippen MR) is 126 cm³/mol. The molecule has 7 nitrogen and oxygen atoms in total. The van der Waals surface area contributed by atoms with Crippen molar-refractivity contribution >= 4 is 17.7 Å². The Morgan fingerprint density at radius 3 is 2.52 bits per heavy atom. The van der Waals surface area contributed by atoms with E-state index in [0.717, 1.165) is 16.9 Å². The van der Waals surface area contributed by atoms with Crippen LogP contribution in [0.15, 0.2) is 58.2 Å². The third-order valence-electron chi connectivity index (χ3n) is 6.47. The molecule has 170 valence electrons. The van der Waals surface area contributed by atoms with Crippen LogP contribution in [-0.4, -0.2) is 45.2 Å². The zero-order chi connectivity index (χ0) is 23.3. The first-order valence-electron chi connectivity index (χ1n) is 10.9. The van der Waals surface area contributed by atoms with Crippen molar-refractivity contribution < 1.29 is 14.6 Å². The quantitative estimate of drug-likeness (QED) is 0.636. The molecule has 0 aliphatic carbocycles. The Balaban J connectivity index is 1.84. The number of amides is 1. The van der Waals surface area contributed by atoms with Gasteiger partial charge in [0.05, 0.1) is 13.2 Å². The highest BCUT2D eigenvalue weighted by Crippen LogP contribution is 2.48. The summed E-state index contributed by atoms with van der Waals surface area (Å²) in [6.07, 6.45) is 0. The second-order valence-corrected chi connectivity index (χ2v) is 9.61. The van der Waals surface area contributed by atoms with Crippen LogP contribution in [0, 0.1) is 0 Å². The van der Waals surface area contributed by atoms with Gasteiger partial charge in [-0.3, -0.25) is 14.2 Å². The van der Waals surface area contributed by atoms with Crippen molar-refractivity contribution in [3.8, 4) is 11.8 Å². The summed E-state index contributed by atoms with van der Waals surface area (Å²) in [6.45, 7) is 4.26. The van der Waals surface area contributed by atoms with Gasteiger partial charge in [0.2, 0.25) is 5.75 Å². The molecule has 1 amide bonds. The van der Waals surface area contributed by atoms with Crippen LogP contribution in [0.2, 0.25) is 0 Å². The Bertz CT molecular complexity index is 1260. The molecule has 0 saturated carbocycles. The van der Waals surface area contributed by atoms with Gasteiger partial charge in [0.1, 0.15) is 0 Å². The van der Waals surface area contributed by atoms with Gasteiger partial charge in [-0.1, -0.05) is 42.5 Å². The maximum absolute atomic E-state index is 13.4. The first-order chi connectivity index (χ1) is 15.9. The number of methoxy groups -OCH3 is 1. The lowest BCUT2D eigenvalue weighted by atomic mass is 9.81. The van der Waals surface area contributed by atoms with E-state index in [0.29, 0.717) is 6.54 Å². The molecule has 0 radical (unpaired) electrons. The number of ether oxygens (including phenoxy) is 1. The molecule has 1 N–H and O–H groups in total. The summed E-state index contributed by atoms with van der Waals surface area (Å²) in [5.74, 6) is -0.346. The Hall–Kier alpha value is -3.26. The van der Waals surface area contributed by atoms with E-state index in [1.54, 1.807) is 21.2 Å². The third-order valence-corrected chi connectivity index (χ3v) is 7.61. The van der Waals surface area contributed by atoms with Gasteiger partial charge < -0.3 is 14.7 Å². The number of hydrogen-bond donors (Lipinski definition) is 1. The normalized spacial score (nSPS) is 19.5. The maximum atomic E-state index is 13.4. The van der Waals surface area contributed by atoms with E-state index in [4.69, 9.17) is 4.74 Å². The summed E-state index contributed by atoms with van der Waals surface area (Å²) < 4.78 is 7.12. The molecular weight excluding hydrogens is 438 g/mol. The number of aromatic hydroxyl groups is 1.